The first-order chi connectivity index (χ1) is 13.6. The molecule has 0 saturated carbocycles. The minimum atomic E-state index is -1.46. The normalized spacial score (nSPS) is 10.3. The lowest BCUT2D eigenvalue weighted by Crippen LogP contribution is -2.15. The molecule has 0 bridgehead atoms. The van der Waals surface area contributed by atoms with Crippen LogP contribution in [0.25, 0.3) is 0 Å². The number of carboxylic acids is 1. The van der Waals surface area contributed by atoms with Crippen LogP contribution in [0.15, 0.2) is 78.9 Å². The van der Waals surface area contributed by atoms with E-state index in [1.165, 1.54) is 0 Å². The Kier molecular flexibility index (Phi) is 6.41. The molecule has 28 heavy (non-hydrogen) atoms. The molecule has 0 aliphatic rings. The van der Waals surface area contributed by atoms with E-state index in [4.69, 9.17) is 14.6 Å². The maximum atomic E-state index is 11.6. The van der Waals surface area contributed by atoms with Crippen molar-refractivity contribution in [2.24, 2.45) is 0 Å². The number of carbonyl (C=O) groups is 2. The maximum Gasteiger partial charge on any atom is 0.372 e. The third-order valence-electron chi connectivity index (χ3n) is 4.04. The van der Waals surface area contributed by atoms with E-state index in [-0.39, 0.29) is 6.42 Å². The molecule has 0 aliphatic heterocycles. The summed E-state index contributed by atoms with van der Waals surface area (Å²) in [4.78, 5) is 22.5. The Hall–Kier alpha value is -3.60. The van der Waals surface area contributed by atoms with Crippen molar-refractivity contribution in [3.8, 4) is 11.5 Å². The minimum absolute atomic E-state index is 0.223. The molecule has 0 fully saturated rings. The van der Waals surface area contributed by atoms with E-state index in [1.807, 2.05) is 60.7 Å². The van der Waals surface area contributed by atoms with Crippen molar-refractivity contribution in [3.05, 3.63) is 95.6 Å². The standard InChI is InChI=1S/C23H20O5/c24-22(23(25)26)13-19-11-20(27-15-17-7-3-1-4-8-17)14-21(12-19)28-16-18-9-5-2-6-10-18/h1-12,14H,13,15-16H2,(H,25,26). The average Bonchev–Trinajstić information content (AvgIpc) is 2.72. The third-order valence-corrected chi connectivity index (χ3v) is 4.04. The zero-order valence-electron chi connectivity index (χ0n) is 15.2. The Bertz CT molecular complexity index is 874. The van der Waals surface area contributed by atoms with Gasteiger partial charge in [-0.1, -0.05) is 60.7 Å². The van der Waals surface area contributed by atoms with Gasteiger partial charge >= 0.3 is 5.97 Å². The summed E-state index contributed by atoms with van der Waals surface area (Å²) in [6.07, 6.45) is -0.223. The number of carboxylic acid groups (broad SMARTS) is 1. The van der Waals surface area contributed by atoms with E-state index < -0.39 is 11.8 Å². The number of ether oxygens (including phenoxy) is 2. The molecule has 0 heterocycles. The molecule has 142 valence electrons. The first-order valence-corrected chi connectivity index (χ1v) is 8.84. The summed E-state index contributed by atoms with van der Waals surface area (Å²) < 4.78 is 11.7. The van der Waals surface area contributed by atoms with Crippen molar-refractivity contribution < 1.29 is 24.2 Å². The minimum Gasteiger partial charge on any atom is -0.489 e. The van der Waals surface area contributed by atoms with E-state index in [9.17, 15) is 9.59 Å². The highest BCUT2D eigenvalue weighted by Crippen LogP contribution is 2.25. The first kappa shape index (κ1) is 19.2. The van der Waals surface area contributed by atoms with Crippen LogP contribution in [0.2, 0.25) is 0 Å². The Morgan fingerprint density at radius 1 is 0.679 bits per heavy atom. The molecule has 3 aromatic carbocycles. The molecular weight excluding hydrogens is 356 g/mol. The molecule has 0 amide bonds. The molecular formula is C23H20O5. The summed E-state index contributed by atoms with van der Waals surface area (Å²) in [5.41, 5.74) is 2.53. The highest BCUT2D eigenvalue weighted by molar-refractivity contribution is 6.33. The number of rotatable bonds is 9. The van der Waals surface area contributed by atoms with Gasteiger partial charge in [-0.2, -0.15) is 0 Å². The zero-order chi connectivity index (χ0) is 19.8. The maximum absolute atomic E-state index is 11.6. The van der Waals surface area contributed by atoms with Crippen molar-refractivity contribution in [2.45, 2.75) is 19.6 Å². The number of ketones is 1. The monoisotopic (exact) mass is 376 g/mol. The van der Waals surface area contributed by atoms with E-state index >= 15 is 0 Å². The summed E-state index contributed by atoms with van der Waals surface area (Å²) in [5, 5.41) is 8.87. The van der Waals surface area contributed by atoms with Crippen molar-refractivity contribution >= 4 is 11.8 Å². The predicted molar refractivity (Wildman–Crippen MR) is 104 cm³/mol. The van der Waals surface area contributed by atoms with Gasteiger partial charge in [-0.3, -0.25) is 4.79 Å². The van der Waals surface area contributed by atoms with E-state index in [0.717, 1.165) is 11.1 Å². The quantitative estimate of drug-likeness (QED) is 0.571. The van der Waals surface area contributed by atoms with E-state index in [0.29, 0.717) is 30.3 Å². The summed E-state index contributed by atoms with van der Waals surface area (Å²) in [5.74, 6) is -1.30. The summed E-state index contributed by atoms with van der Waals surface area (Å²) in [6.45, 7) is 0.713. The Morgan fingerprint density at radius 2 is 1.14 bits per heavy atom. The highest BCUT2D eigenvalue weighted by atomic mass is 16.5. The molecule has 5 nitrogen and oxygen atoms in total. The van der Waals surface area contributed by atoms with Gasteiger partial charge in [0, 0.05) is 12.5 Å². The fourth-order valence-corrected chi connectivity index (χ4v) is 2.64. The molecule has 0 unspecified atom stereocenters. The van der Waals surface area contributed by atoms with Gasteiger partial charge in [-0.15, -0.1) is 0 Å². The number of Topliss-reactive ketones (excluding diaryl/α,β-unsaturated/α-hetero) is 1. The van der Waals surface area contributed by atoms with Crippen molar-refractivity contribution in [1.82, 2.24) is 0 Å². The molecule has 3 rings (SSSR count). The number of benzene rings is 3. The van der Waals surface area contributed by atoms with Crippen LogP contribution in [-0.4, -0.2) is 16.9 Å². The molecule has 0 spiro atoms. The topological polar surface area (TPSA) is 72.8 Å². The predicted octanol–water partition coefficient (Wildman–Crippen LogP) is 4.04. The second-order valence-electron chi connectivity index (χ2n) is 6.27. The second kappa shape index (κ2) is 9.37. The lowest BCUT2D eigenvalue weighted by atomic mass is 10.1. The largest absolute Gasteiger partial charge is 0.489 e. The molecule has 5 heteroatoms. The molecule has 3 aromatic rings. The van der Waals surface area contributed by atoms with E-state index in [2.05, 4.69) is 0 Å². The number of aliphatic carboxylic acids is 1. The zero-order valence-corrected chi connectivity index (χ0v) is 15.2. The second-order valence-corrected chi connectivity index (χ2v) is 6.27. The molecule has 0 aromatic heterocycles. The van der Waals surface area contributed by atoms with Crippen molar-refractivity contribution in [2.75, 3.05) is 0 Å². The average molecular weight is 376 g/mol. The van der Waals surface area contributed by atoms with Crippen molar-refractivity contribution in [3.63, 3.8) is 0 Å². The molecule has 0 atom stereocenters. The first-order valence-electron chi connectivity index (χ1n) is 8.84. The summed E-state index contributed by atoms with van der Waals surface area (Å²) in [7, 11) is 0. The summed E-state index contributed by atoms with van der Waals surface area (Å²) in [6, 6.07) is 24.4. The van der Waals surface area contributed by atoms with Crippen LogP contribution in [0.4, 0.5) is 0 Å². The van der Waals surface area contributed by atoms with Gasteiger partial charge in [0.25, 0.3) is 0 Å². The van der Waals surface area contributed by atoms with Crippen molar-refractivity contribution in [1.29, 1.82) is 0 Å². The fourth-order valence-electron chi connectivity index (χ4n) is 2.64. The molecule has 0 saturated heterocycles. The van der Waals surface area contributed by atoms with Gasteiger partial charge in [0.1, 0.15) is 24.7 Å². The smallest absolute Gasteiger partial charge is 0.372 e. The lowest BCUT2D eigenvalue weighted by Gasteiger charge is -2.12. The molecule has 0 radical (unpaired) electrons. The van der Waals surface area contributed by atoms with Crippen LogP contribution < -0.4 is 9.47 Å². The van der Waals surface area contributed by atoms with Gasteiger partial charge in [0.2, 0.25) is 5.78 Å². The van der Waals surface area contributed by atoms with Crippen LogP contribution in [-0.2, 0) is 29.2 Å². The Morgan fingerprint density at radius 3 is 1.57 bits per heavy atom. The van der Waals surface area contributed by atoms with Gasteiger partial charge in [0.15, 0.2) is 0 Å². The Balaban J connectivity index is 1.76. The number of carbonyl (C=O) groups excluding carboxylic acids is 1. The number of hydrogen-bond donors (Lipinski definition) is 1. The third kappa shape index (κ3) is 5.71. The van der Waals surface area contributed by atoms with Gasteiger partial charge in [-0.05, 0) is 28.8 Å². The fraction of sp³-hybridized carbons (Fsp3) is 0.130. The van der Waals surface area contributed by atoms with Crippen LogP contribution in [0.1, 0.15) is 16.7 Å². The Labute approximate surface area is 163 Å². The van der Waals surface area contributed by atoms with Crippen LogP contribution >= 0.6 is 0 Å². The number of hydrogen-bond acceptors (Lipinski definition) is 4. The van der Waals surface area contributed by atoms with Crippen LogP contribution in [0.5, 0.6) is 11.5 Å². The van der Waals surface area contributed by atoms with Gasteiger partial charge in [0.05, 0.1) is 0 Å². The van der Waals surface area contributed by atoms with E-state index in [1.54, 1.807) is 18.2 Å². The van der Waals surface area contributed by atoms with Gasteiger partial charge in [-0.25, -0.2) is 4.79 Å². The molecule has 0 aliphatic carbocycles. The van der Waals surface area contributed by atoms with Gasteiger partial charge < -0.3 is 14.6 Å². The molecule has 1 N–H and O–H groups in total. The van der Waals surface area contributed by atoms with Crippen LogP contribution in [0, 0.1) is 0 Å². The van der Waals surface area contributed by atoms with Crippen LogP contribution in [0.3, 0.4) is 0 Å². The lowest BCUT2D eigenvalue weighted by molar-refractivity contribution is -0.148. The summed E-state index contributed by atoms with van der Waals surface area (Å²) >= 11 is 0. The highest BCUT2D eigenvalue weighted by Gasteiger charge is 2.14. The SMILES string of the molecule is O=C(O)C(=O)Cc1cc(OCc2ccccc2)cc(OCc2ccccc2)c1.